The summed E-state index contributed by atoms with van der Waals surface area (Å²) in [5, 5.41) is 0. The van der Waals surface area contributed by atoms with Gasteiger partial charge in [0.05, 0.1) is 0 Å². The number of rotatable bonds is 16. The average molecular weight is 363 g/mol. The van der Waals surface area contributed by atoms with E-state index in [4.69, 9.17) is 9.47 Å². The minimum atomic E-state index is -0.915. The number of carbonyl (C=O) groups excluding carboxylic acids is 2. The van der Waals surface area contributed by atoms with Gasteiger partial charge in [-0.05, 0) is 12.8 Å². The topological polar surface area (TPSA) is 52.6 Å². The van der Waals surface area contributed by atoms with Crippen molar-refractivity contribution in [3.63, 3.8) is 0 Å². The van der Waals surface area contributed by atoms with Crippen molar-refractivity contribution in [1.29, 1.82) is 0 Å². The third-order valence-electron chi connectivity index (χ3n) is 4.18. The number of esters is 2. The highest BCUT2D eigenvalue weighted by molar-refractivity contribution is 6.39. The molecule has 4 nitrogen and oxygen atoms in total. The maximum Gasteiger partial charge on any atom is 0.493 e. The van der Waals surface area contributed by atoms with Gasteiger partial charge in [-0.2, -0.15) is 0 Å². The molecule has 2 unspecified atom stereocenters. The highest BCUT2D eigenvalue weighted by Gasteiger charge is 2.26. The zero-order valence-corrected chi connectivity index (χ0v) is 17.5. The van der Waals surface area contributed by atoms with Crippen LogP contribution in [0.1, 0.15) is 78.1 Å². The minimum absolute atomic E-state index is 0.101. The predicted octanol–water partition coefficient (Wildman–Crippen LogP) is 4.74. The summed E-state index contributed by atoms with van der Waals surface area (Å²) in [6.45, 7) is 11.3. The molecule has 25 heavy (non-hydrogen) atoms. The van der Waals surface area contributed by atoms with Crippen LogP contribution in [0.3, 0.4) is 0 Å². The molecule has 5 heteroatoms. The van der Waals surface area contributed by atoms with Crippen molar-refractivity contribution in [1.82, 2.24) is 0 Å². The Bertz CT molecular complexity index is 359. The molecule has 0 aromatic rings. The van der Waals surface area contributed by atoms with Crippen LogP contribution < -0.4 is 0 Å². The Hall–Kier alpha value is -0.814. The molecule has 0 aliphatic heterocycles. The van der Waals surface area contributed by atoms with Gasteiger partial charge >= 0.3 is 32.3 Å². The standard InChI is InChI=1S/2C10H17O2.Mg/c2*1-3-5-6-7-8-9-12-10(11)4-2;/h2*4,9H,2-3,5-8H2,1H3;. The molecule has 0 amide bonds. The number of ether oxygens (including phenoxy) is 2. The van der Waals surface area contributed by atoms with E-state index in [0.717, 1.165) is 38.5 Å². The third-order valence-corrected chi connectivity index (χ3v) is 6.39. The molecule has 0 aliphatic carbocycles. The van der Waals surface area contributed by atoms with Crippen LogP contribution in [-0.2, 0) is 19.1 Å². The number of unbranched alkanes of at least 4 members (excludes halogenated alkanes) is 6. The molecule has 0 fully saturated rings. The number of carbonyl (C=O) groups is 2. The Morgan fingerprint density at radius 2 is 1.20 bits per heavy atom. The molecular formula is C20H34MgO4. The van der Waals surface area contributed by atoms with Gasteiger partial charge in [0.2, 0.25) is 0 Å². The Balaban J connectivity index is 4.67. The van der Waals surface area contributed by atoms with E-state index < -0.39 is 20.4 Å². The van der Waals surface area contributed by atoms with Crippen molar-refractivity contribution >= 4 is 32.3 Å². The summed E-state index contributed by atoms with van der Waals surface area (Å²) < 4.78 is 10.9. The Morgan fingerprint density at radius 3 is 1.52 bits per heavy atom. The molecule has 0 radical (unpaired) electrons. The Kier molecular flexibility index (Phi) is 16.1. The van der Waals surface area contributed by atoms with E-state index in [9.17, 15) is 9.59 Å². The van der Waals surface area contributed by atoms with E-state index in [1.54, 1.807) is 0 Å². The largest absolute Gasteiger partial charge is 0.493 e. The molecule has 0 N–H and O–H groups in total. The zero-order valence-electron chi connectivity index (χ0n) is 16.1. The lowest BCUT2D eigenvalue weighted by molar-refractivity contribution is -0.140. The second kappa shape index (κ2) is 16.6. The quantitative estimate of drug-likeness (QED) is 0.172. The molecule has 0 aliphatic rings. The van der Waals surface area contributed by atoms with Gasteiger partial charge in [-0.25, -0.2) is 9.59 Å². The van der Waals surface area contributed by atoms with Gasteiger partial charge in [-0.1, -0.05) is 78.4 Å². The van der Waals surface area contributed by atoms with Crippen LogP contribution in [0.15, 0.2) is 25.3 Å². The molecule has 0 aromatic carbocycles. The Labute approximate surface area is 163 Å². The summed E-state index contributed by atoms with van der Waals surface area (Å²) >= 11 is -0.915. The van der Waals surface area contributed by atoms with Crippen LogP contribution in [0, 0.1) is 0 Å². The second-order valence-electron chi connectivity index (χ2n) is 6.46. The van der Waals surface area contributed by atoms with Crippen LogP contribution in [0.2, 0.25) is 0 Å². The second-order valence-corrected chi connectivity index (χ2v) is 8.75. The van der Waals surface area contributed by atoms with E-state index >= 15 is 0 Å². The van der Waals surface area contributed by atoms with Crippen molar-refractivity contribution in [2.75, 3.05) is 0 Å². The highest BCUT2D eigenvalue weighted by Crippen LogP contribution is 2.14. The number of hydrogen-bond donors (Lipinski definition) is 0. The maximum absolute atomic E-state index is 11.6. The van der Waals surface area contributed by atoms with E-state index in [0.29, 0.717) is 0 Å². The monoisotopic (exact) mass is 362 g/mol. The number of hydrogen-bond acceptors (Lipinski definition) is 4. The molecule has 0 bridgehead atoms. The first-order valence-corrected chi connectivity index (χ1v) is 11.4. The molecule has 0 heterocycles. The third kappa shape index (κ3) is 14.1. The first kappa shape index (κ1) is 24.2. The summed E-state index contributed by atoms with van der Waals surface area (Å²) in [4.78, 5) is 23.3. The highest BCUT2D eigenvalue weighted by atomic mass is 24.5. The van der Waals surface area contributed by atoms with E-state index in [1.807, 2.05) is 0 Å². The molecule has 0 saturated heterocycles. The van der Waals surface area contributed by atoms with Crippen molar-refractivity contribution < 1.29 is 19.1 Å². The van der Waals surface area contributed by atoms with Gasteiger partial charge in [-0.3, -0.25) is 0 Å². The normalized spacial score (nSPS) is 12.6. The predicted molar refractivity (Wildman–Crippen MR) is 103 cm³/mol. The summed E-state index contributed by atoms with van der Waals surface area (Å²) in [6.07, 6.45) is 13.2. The maximum atomic E-state index is 11.6. The summed E-state index contributed by atoms with van der Waals surface area (Å²) in [7, 11) is 0. The van der Waals surface area contributed by atoms with Gasteiger partial charge in [-0.15, -0.1) is 0 Å². The minimum Gasteiger partial charge on any atom is -0.489 e. The fourth-order valence-corrected chi connectivity index (χ4v) is 4.92. The van der Waals surface area contributed by atoms with Crippen molar-refractivity contribution in [3.05, 3.63) is 25.3 Å². The molecular weight excluding hydrogens is 329 g/mol. The van der Waals surface area contributed by atoms with Crippen molar-refractivity contribution in [2.45, 2.75) is 86.5 Å². The lowest BCUT2D eigenvalue weighted by Gasteiger charge is -2.23. The van der Waals surface area contributed by atoms with E-state index in [-0.39, 0.29) is 20.4 Å². The van der Waals surface area contributed by atoms with Crippen molar-refractivity contribution in [3.8, 4) is 0 Å². The van der Waals surface area contributed by atoms with Crippen LogP contribution in [0.4, 0.5) is 0 Å². The van der Waals surface area contributed by atoms with Crippen LogP contribution in [0.25, 0.3) is 0 Å². The summed E-state index contributed by atoms with van der Waals surface area (Å²) in [5.41, 5.74) is 0. The average Bonchev–Trinajstić information content (AvgIpc) is 2.61. The first-order valence-electron chi connectivity index (χ1n) is 9.73. The summed E-state index contributed by atoms with van der Waals surface area (Å²) in [5.74, 6) is -0.763. The molecule has 140 valence electrons. The van der Waals surface area contributed by atoms with Crippen LogP contribution in [-0.4, -0.2) is 40.8 Å². The van der Waals surface area contributed by atoms with Gasteiger partial charge in [0.1, 0.15) is 0 Å². The lowest BCUT2D eigenvalue weighted by atomic mass is 10.1. The smallest absolute Gasteiger partial charge is 0.489 e. The van der Waals surface area contributed by atoms with E-state index in [1.165, 1.54) is 37.8 Å². The van der Waals surface area contributed by atoms with Crippen molar-refractivity contribution in [2.24, 2.45) is 0 Å². The molecule has 0 rings (SSSR count). The van der Waals surface area contributed by atoms with Gasteiger partial charge < -0.3 is 9.47 Å². The fourth-order valence-electron chi connectivity index (χ4n) is 2.77. The zero-order chi connectivity index (χ0) is 18.9. The SMILES string of the molecule is C=CC(=O)O[CH](CCCCCC)[Mg][CH](CCCCCC)OC(=O)C=C. The molecule has 0 spiro atoms. The fraction of sp³-hybridized carbons (Fsp3) is 0.700. The van der Waals surface area contributed by atoms with Gasteiger partial charge in [0.15, 0.2) is 0 Å². The molecule has 0 saturated carbocycles. The lowest BCUT2D eigenvalue weighted by Crippen LogP contribution is -2.35. The van der Waals surface area contributed by atoms with Gasteiger partial charge in [0, 0.05) is 20.6 Å². The Morgan fingerprint density at radius 1 is 0.800 bits per heavy atom. The molecule has 0 aromatic heterocycles. The molecule has 2 atom stereocenters. The van der Waals surface area contributed by atoms with Crippen LogP contribution >= 0.6 is 0 Å². The van der Waals surface area contributed by atoms with Crippen LogP contribution in [0.5, 0.6) is 0 Å². The van der Waals surface area contributed by atoms with Gasteiger partial charge in [0.25, 0.3) is 0 Å². The van der Waals surface area contributed by atoms with E-state index in [2.05, 4.69) is 27.0 Å². The summed E-state index contributed by atoms with van der Waals surface area (Å²) in [6, 6.07) is 0. The first-order chi connectivity index (χ1) is 12.1.